The lowest BCUT2D eigenvalue weighted by atomic mass is 10.3. The van der Waals surface area contributed by atoms with Gasteiger partial charge in [0.05, 0.1) is 6.54 Å². The minimum absolute atomic E-state index is 0.677. The molecular weight excluding hydrogens is 264 g/mol. The van der Waals surface area contributed by atoms with Crippen molar-refractivity contribution in [2.75, 3.05) is 38.1 Å². The lowest BCUT2D eigenvalue weighted by Gasteiger charge is -2.23. The van der Waals surface area contributed by atoms with Crippen molar-refractivity contribution in [1.82, 2.24) is 19.8 Å². The quantitative estimate of drug-likeness (QED) is 0.505. The van der Waals surface area contributed by atoms with Crippen molar-refractivity contribution >= 4 is 5.82 Å². The van der Waals surface area contributed by atoms with E-state index in [4.69, 9.17) is 5.84 Å². The van der Waals surface area contributed by atoms with Crippen LogP contribution in [0.15, 0.2) is 6.07 Å². The van der Waals surface area contributed by atoms with E-state index in [2.05, 4.69) is 46.0 Å². The molecule has 1 aromatic heterocycles. The number of hydrogen-bond donors (Lipinski definition) is 2. The van der Waals surface area contributed by atoms with E-state index in [0.29, 0.717) is 5.82 Å². The average Bonchev–Trinajstić information content (AvgIpc) is 2.49. The number of aryl methyl sites for hydroxylation is 1. The number of aromatic nitrogens is 2. The fourth-order valence-electron chi connectivity index (χ4n) is 2.38. The maximum atomic E-state index is 5.44. The van der Waals surface area contributed by atoms with E-state index in [0.717, 1.165) is 50.8 Å². The fraction of sp³-hybridized carbons (Fsp3) is 0.733. The molecule has 6 nitrogen and oxygen atoms in total. The summed E-state index contributed by atoms with van der Waals surface area (Å²) in [6, 6.07) is 1.85. The SMILES string of the molecule is CCN(CC)CCCN(CC)Cc1nc(C)cc(NN)n1. The van der Waals surface area contributed by atoms with Crippen LogP contribution in [0.3, 0.4) is 0 Å². The van der Waals surface area contributed by atoms with E-state index in [-0.39, 0.29) is 0 Å². The van der Waals surface area contributed by atoms with E-state index < -0.39 is 0 Å². The topological polar surface area (TPSA) is 70.3 Å². The Hall–Kier alpha value is -1.24. The molecule has 0 aliphatic heterocycles. The molecule has 1 heterocycles. The van der Waals surface area contributed by atoms with Gasteiger partial charge in [-0.1, -0.05) is 20.8 Å². The molecule has 0 atom stereocenters. The lowest BCUT2D eigenvalue weighted by molar-refractivity contribution is 0.235. The van der Waals surface area contributed by atoms with Crippen LogP contribution >= 0.6 is 0 Å². The highest BCUT2D eigenvalue weighted by Crippen LogP contribution is 2.07. The summed E-state index contributed by atoms with van der Waals surface area (Å²) in [6.45, 7) is 14.8. The molecule has 0 bridgehead atoms. The second-order valence-electron chi connectivity index (χ2n) is 5.20. The molecule has 1 aromatic rings. The molecule has 0 radical (unpaired) electrons. The highest BCUT2D eigenvalue weighted by molar-refractivity contribution is 5.33. The van der Waals surface area contributed by atoms with Crippen molar-refractivity contribution in [1.29, 1.82) is 0 Å². The minimum atomic E-state index is 0.677. The highest BCUT2D eigenvalue weighted by atomic mass is 15.3. The van der Waals surface area contributed by atoms with Gasteiger partial charge in [0.1, 0.15) is 11.6 Å². The summed E-state index contributed by atoms with van der Waals surface area (Å²) >= 11 is 0. The molecular formula is C15H30N6. The Balaban J connectivity index is 2.51. The van der Waals surface area contributed by atoms with Crippen molar-refractivity contribution in [3.05, 3.63) is 17.6 Å². The first-order valence-electron chi connectivity index (χ1n) is 7.88. The van der Waals surface area contributed by atoms with E-state index >= 15 is 0 Å². The molecule has 3 N–H and O–H groups in total. The van der Waals surface area contributed by atoms with Gasteiger partial charge in [-0.15, -0.1) is 0 Å². The molecule has 21 heavy (non-hydrogen) atoms. The van der Waals surface area contributed by atoms with E-state index in [1.54, 1.807) is 0 Å². The second-order valence-corrected chi connectivity index (χ2v) is 5.20. The number of hydrazine groups is 1. The molecule has 1 rings (SSSR count). The maximum Gasteiger partial charge on any atom is 0.145 e. The maximum absolute atomic E-state index is 5.44. The van der Waals surface area contributed by atoms with Gasteiger partial charge in [0, 0.05) is 11.8 Å². The monoisotopic (exact) mass is 294 g/mol. The van der Waals surface area contributed by atoms with Gasteiger partial charge in [-0.05, 0) is 46.1 Å². The zero-order valence-corrected chi connectivity index (χ0v) is 13.9. The smallest absolute Gasteiger partial charge is 0.145 e. The number of nitrogen functional groups attached to an aromatic ring is 1. The lowest BCUT2D eigenvalue weighted by Crippen LogP contribution is -2.30. The molecule has 120 valence electrons. The predicted molar refractivity (Wildman–Crippen MR) is 87.9 cm³/mol. The molecule has 0 spiro atoms. The summed E-state index contributed by atoms with van der Waals surface area (Å²) in [5.74, 6) is 6.94. The van der Waals surface area contributed by atoms with Crippen LogP contribution in [0.2, 0.25) is 0 Å². The van der Waals surface area contributed by atoms with Gasteiger partial charge >= 0.3 is 0 Å². The Labute approximate surface area is 128 Å². The third kappa shape index (κ3) is 6.37. The standard InChI is InChI=1S/C15H30N6/c1-5-20(6-2)9-8-10-21(7-3)12-15-17-13(4)11-14(18-15)19-16/h11H,5-10,12,16H2,1-4H3,(H,17,18,19). The zero-order chi connectivity index (χ0) is 15.7. The van der Waals surface area contributed by atoms with Crippen LogP contribution in [0.4, 0.5) is 5.82 Å². The van der Waals surface area contributed by atoms with Gasteiger partial charge in [-0.3, -0.25) is 4.90 Å². The summed E-state index contributed by atoms with van der Waals surface area (Å²) < 4.78 is 0. The van der Waals surface area contributed by atoms with Crippen molar-refractivity contribution in [2.24, 2.45) is 5.84 Å². The van der Waals surface area contributed by atoms with Crippen molar-refractivity contribution in [2.45, 2.75) is 40.7 Å². The van der Waals surface area contributed by atoms with Gasteiger partial charge in [-0.25, -0.2) is 15.8 Å². The molecule has 6 heteroatoms. The van der Waals surface area contributed by atoms with Crippen LogP contribution in [0.1, 0.15) is 38.7 Å². The second kappa shape index (κ2) is 9.65. The van der Waals surface area contributed by atoms with Gasteiger partial charge in [-0.2, -0.15) is 0 Å². The van der Waals surface area contributed by atoms with Gasteiger partial charge in [0.15, 0.2) is 0 Å². The molecule has 0 aliphatic carbocycles. The van der Waals surface area contributed by atoms with E-state index in [1.807, 2.05) is 13.0 Å². The molecule has 0 unspecified atom stereocenters. The van der Waals surface area contributed by atoms with Crippen molar-refractivity contribution in [3.63, 3.8) is 0 Å². The molecule has 0 saturated heterocycles. The zero-order valence-electron chi connectivity index (χ0n) is 13.9. The molecule has 0 amide bonds. The third-order valence-electron chi connectivity index (χ3n) is 3.70. The van der Waals surface area contributed by atoms with Gasteiger partial charge in [0.2, 0.25) is 0 Å². The Bertz CT molecular complexity index is 405. The molecule has 0 saturated carbocycles. The van der Waals surface area contributed by atoms with Crippen LogP contribution in [0.25, 0.3) is 0 Å². The number of nitrogens with one attached hydrogen (secondary N) is 1. The van der Waals surface area contributed by atoms with Crippen LogP contribution in [0, 0.1) is 6.92 Å². The Morgan fingerprint density at radius 2 is 1.67 bits per heavy atom. The molecule has 0 aliphatic rings. The molecule has 0 aromatic carbocycles. The highest BCUT2D eigenvalue weighted by Gasteiger charge is 2.08. The summed E-state index contributed by atoms with van der Waals surface area (Å²) in [5, 5.41) is 0. The Morgan fingerprint density at radius 1 is 1.05 bits per heavy atom. The van der Waals surface area contributed by atoms with Crippen molar-refractivity contribution < 1.29 is 0 Å². The summed E-state index contributed by atoms with van der Waals surface area (Å²) in [6.07, 6.45) is 1.17. The first-order chi connectivity index (χ1) is 10.1. The van der Waals surface area contributed by atoms with Crippen LogP contribution in [-0.2, 0) is 6.54 Å². The summed E-state index contributed by atoms with van der Waals surface area (Å²) in [5.41, 5.74) is 3.53. The van der Waals surface area contributed by atoms with E-state index in [9.17, 15) is 0 Å². The largest absolute Gasteiger partial charge is 0.308 e. The predicted octanol–water partition coefficient (Wildman–Crippen LogP) is 1.62. The van der Waals surface area contributed by atoms with Crippen LogP contribution in [-0.4, -0.2) is 52.5 Å². The van der Waals surface area contributed by atoms with Gasteiger partial charge in [0.25, 0.3) is 0 Å². The number of rotatable bonds is 10. The fourth-order valence-corrected chi connectivity index (χ4v) is 2.38. The van der Waals surface area contributed by atoms with Crippen LogP contribution in [0.5, 0.6) is 0 Å². The number of anilines is 1. The summed E-state index contributed by atoms with van der Waals surface area (Å²) in [4.78, 5) is 13.7. The number of hydrogen-bond acceptors (Lipinski definition) is 6. The summed E-state index contributed by atoms with van der Waals surface area (Å²) in [7, 11) is 0. The van der Waals surface area contributed by atoms with Gasteiger partial charge < -0.3 is 10.3 Å². The number of nitrogens with two attached hydrogens (primary N) is 1. The van der Waals surface area contributed by atoms with Crippen LogP contribution < -0.4 is 11.3 Å². The first kappa shape index (κ1) is 17.8. The van der Waals surface area contributed by atoms with Crippen molar-refractivity contribution in [3.8, 4) is 0 Å². The average molecular weight is 294 g/mol. The Morgan fingerprint density at radius 3 is 2.24 bits per heavy atom. The Kier molecular flexibility index (Phi) is 8.19. The number of nitrogens with zero attached hydrogens (tertiary/aromatic N) is 4. The van der Waals surface area contributed by atoms with E-state index in [1.165, 1.54) is 6.42 Å². The molecule has 0 fully saturated rings. The third-order valence-corrected chi connectivity index (χ3v) is 3.70. The minimum Gasteiger partial charge on any atom is -0.308 e. The normalized spacial score (nSPS) is 11.4. The first-order valence-corrected chi connectivity index (χ1v) is 7.88.